The second-order valence-corrected chi connectivity index (χ2v) is 7.64. The Balaban J connectivity index is 1.80. The van der Waals surface area contributed by atoms with Crippen molar-refractivity contribution in [2.45, 2.75) is 13.0 Å². The van der Waals surface area contributed by atoms with Crippen molar-refractivity contribution in [3.05, 3.63) is 123 Å². The number of aryl methyl sites for hydroxylation is 1. The molecule has 1 N–H and O–H groups in total. The molecule has 3 aromatic carbocycles. The van der Waals surface area contributed by atoms with Crippen LogP contribution in [0.1, 0.15) is 22.7 Å². The van der Waals surface area contributed by atoms with E-state index in [1.54, 1.807) is 24.3 Å². The highest BCUT2D eigenvalue weighted by Crippen LogP contribution is 2.41. The Morgan fingerprint density at radius 2 is 1.73 bits per heavy atom. The maximum Gasteiger partial charge on any atom is 0.294 e. The number of amides is 1. The van der Waals surface area contributed by atoms with Crippen molar-refractivity contribution >= 4 is 29.1 Å². The van der Waals surface area contributed by atoms with Gasteiger partial charge in [0.15, 0.2) is 11.5 Å². The van der Waals surface area contributed by atoms with Gasteiger partial charge in [0.2, 0.25) is 0 Å². The lowest BCUT2D eigenvalue weighted by atomic mass is 9.95. The van der Waals surface area contributed by atoms with Crippen LogP contribution in [-0.4, -0.2) is 21.7 Å². The van der Waals surface area contributed by atoms with Crippen LogP contribution in [0.2, 0.25) is 0 Å². The molecule has 4 rings (SSSR count). The Labute approximate surface area is 190 Å². The molecule has 1 atom stereocenters. The van der Waals surface area contributed by atoms with E-state index >= 15 is 0 Å². The molecular formula is C26H20N2O5. The topological polar surface area (TPSA) is 101 Å². The van der Waals surface area contributed by atoms with Gasteiger partial charge in [0.25, 0.3) is 11.6 Å². The number of rotatable bonds is 6. The van der Waals surface area contributed by atoms with E-state index in [-0.39, 0.29) is 11.3 Å². The van der Waals surface area contributed by atoms with Gasteiger partial charge in [-0.1, -0.05) is 48.5 Å². The SMILES string of the molecule is Cc1cccc(N2C(=O)C(O)=C(C(=O)/C=C/c3ccccc3)[C@H]2c2ccc([N+](=O)[O-])cc2)c1. The molecule has 0 unspecified atom stereocenters. The molecule has 1 heterocycles. The van der Waals surface area contributed by atoms with Gasteiger partial charge in [-0.15, -0.1) is 0 Å². The molecule has 0 radical (unpaired) electrons. The number of non-ortho nitro benzene ring substituents is 1. The van der Waals surface area contributed by atoms with Crippen LogP contribution < -0.4 is 4.90 Å². The molecule has 1 aliphatic rings. The number of nitro groups is 1. The Bertz CT molecular complexity index is 1290. The van der Waals surface area contributed by atoms with Crippen molar-refractivity contribution in [3.8, 4) is 0 Å². The first-order valence-electron chi connectivity index (χ1n) is 10.2. The number of carbonyl (C=O) groups excluding carboxylic acids is 2. The number of aliphatic hydroxyl groups is 1. The number of hydrogen-bond donors (Lipinski definition) is 1. The van der Waals surface area contributed by atoms with E-state index in [9.17, 15) is 24.8 Å². The van der Waals surface area contributed by atoms with Gasteiger partial charge in [-0.3, -0.25) is 24.6 Å². The zero-order chi connectivity index (χ0) is 23.5. The molecule has 33 heavy (non-hydrogen) atoms. The maximum absolute atomic E-state index is 13.2. The first-order valence-corrected chi connectivity index (χ1v) is 10.2. The number of nitrogens with zero attached hydrogens (tertiary/aromatic N) is 2. The number of nitro benzene ring substituents is 1. The lowest BCUT2D eigenvalue weighted by molar-refractivity contribution is -0.384. The standard InChI is InChI=1S/C26H20N2O5/c1-17-6-5-9-21(16-17)27-24(19-11-13-20(14-12-19)28(32)33)23(25(30)26(27)31)22(29)15-10-18-7-3-2-4-8-18/h2-16,24,30H,1H3/b15-10+/t24-/m1/s1. The van der Waals surface area contributed by atoms with Crippen LogP contribution >= 0.6 is 0 Å². The van der Waals surface area contributed by atoms with E-state index in [1.807, 2.05) is 43.3 Å². The average Bonchev–Trinajstić information content (AvgIpc) is 3.09. The quantitative estimate of drug-likeness (QED) is 0.327. The number of allylic oxidation sites excluding steroid dienone is 1. The van der Waals surface area contributed by atoms with Gasteiger partial charge in [0, 0.05) is 17.8 Å². The molecule has 1 amide bonds. The molecule has 0 aliphatic carbocycles. The van der Waals surface area contributed by atoms with Crippen molar-refractivity contribution < 1.29 is 19.6 Å². The fraction of sp³-hybridized carbons (Fsp3) is 0.0769. The van der Waals surface area contributed by atoms with Crippen molar-refractivity contribution in [1.82, 2.24) is 0 Å². The zero-order valence-corrected chi connectivity index (χ0v) is 17.7. The maximum atomic E-state index is 13.2. The number of aliphatic hydroxyl groups excluding tert-OH is 1. The van der Waals surface area contributed by atoms with Crippen LogP contribution in [0, 0.1) is 17.0 Å². The summed E-state index contributed by atoms with van der Waals surface area (Å²) in [6.45, 7) is 1.87. The molecule has 0 saturated carbocycles. The predicted molar refractivity (Wildman–Crippen MR) is 125 cm³/mol. The highest BCUT2D eigenvalue weighted by atomic mass is 16.6. The van der Waals surface area contributed by atoms with E-state index in [4.69, 9.17) is 0 Å². The van der Waals surface area contributed by atoms with Crippen molar-refractivity contribution in [1.29, 1.82) is 0 Å². The van der Waals surface area contributed by atoms with Gasteiger partial charge in [0.1, 0.15) is 0 Å². The second kappa shape index (κ2) is 8.92. The third kappa shape index (κ3) is 4.29. The Hall–Kier alpha value is -4.52. The van der Waals surface area contributed by atoms with Gasteiger partial charge in [-0.2, -0.15) is 0 Å². The van der Waals surface area contributed by atoms with Crippen LogP contribution in [-0.2, 0) is 9.59 Å². The molecule has 0 spiro atoms. The van der Waals surface area contributed by atoms with E-state index in [0.717, 1.165) is 11.1 Å². The minimum Gasteiger partial charge on any atom is -0.503 e. The molecule has 0 aromatic heterocycles. The van der Waals surface area contributed by atoms with Crippen molar-refractivity contribution in [2.75, 3.05) is 4.90 Å². The molecule has 1 aliphatic heterocycles. The molecule has 0 saturated heterocycles. The second-order valence-electron chi connectivity index (χ2n) is 7.64. The summed E-state index contributed by atoms with van der Waals surface area (Å²) in [7, 11) is 0. The summed E-state index contributed by atoms with van der Waals surface area (Å²) in [5, 5.41) is 21.8. The number of anilines is 1. The third-order valence-electron chi connectivity index (χ3n) is 5.40. The van der Waals surface area contributed by atoms with Crippen LogP contribution in [0.15, 0.2) is 96.3 Å². The van der Waals surface area contributed by atoms with Gasteiger partial charge >= 0.3 is 0 Å². The Morgan fingerprint density at radius 1 is 1.03 bits per heavy atom. The van der Waals surface area contributed by atoms with Crippen LogP contribution in [0.5, 0.6) is 0 Å². The number of benzene rings is 3. The number of carbonyl (C=O) groups is 2. The zero-order valence-electron chi connectivity index (χ0n) is 17.7. The molecular weight excluding hydrogens is 420 g/mol. The average molecular weight is 440 g/mol. The molecule has 7 heteroatoms. The minimum atomic E-state index is -0.937. The van der Waals surface area contributed by atoms with Gasteiger partial charge in [0.05, 0.1) is 16.5 Å². The summed E-state index contributed by atoms with van der Waals surface area (Å²) < 4.78 is 0. The normalized spacial score (nSPS) is 16.0. The largest absolute Gasteiger partial charge is 0.503 e. The number of ketones is 1. The summed E-state index contributed by atoms with van der Waals surface area (Å²) in [6.07, 6.45) is 2.92. The lowest BCUT2D eigenvalue weighted by Gasteiger charge is -2.27. The highest BCUT2D eigenvalue weighted by Gasteiger charge is 2.43. The first kappa shape index (κ1) is 21.7. The molecule has 3 aromatic rings. The monoisotopic (exact) mass is 440 g/mol. The summed E-state index contributed by atoms with van der Waals surface area (Å²) in [5.74, 6) is -1.87. The molecule has 0 fully saturated rings. The highest BCUT2D eigenvalue weighted by molar-refractivity contribution is 6.19. The summed E-state index contributed by atoms with van der Waals surface area (Å²) in [5.41, 5.74) is 2.46. The number of hydrogen-bond acceptors (Lipinski definition) is 5. The van der Waals surface area contributed by atoms with E-state index < -0.39 is 28.4 Å². The van der Waals surface area contributed by atoms with Gasteiger partial charge in [-0.25, -0.2) is 0 Å². The molecule has 0 bridgehead atoms. The minimum absolute atomic E-state index is 0.0810. The summed E-state index contributed by atoms with van der Waals surface area (Å²) in [6, 6.07) is 21.0. The Morgan fingerprint density at radius 3 is 2.36 bits per heavy atom. The first-order chi connectivity index (χ1) is 15.9. The fourth-order valence-corrected chi connectivity index (χ4v) is 3.82. The van der Waals surface area contributed by atoms with E-state index in [1.165, 1.54) is 35.2 Å². The third-order valence-corrected chi connectivity index (χ3v) is 5.40. The van der Waals surface area contributed by atoms with Crippen LogP contribution in [0.25, 0.3) is 6.08 Å². The van der Waals surface area contributed by atoms with Gasteiger partial charge in [-0.05, 0) is 54.0 Å². The van der Waals surface area contributed by atoms with E-state index in [2.05, 4.69) is 0 Å². The lowest BCUT2D eigenvalue weighted by Crippen LogP contribution is -2.31. The Kier molecular flexibility index (Phi) is 5.87. The smallest absolute Gasteiger partial charge is 0.294 e. The summed E-state index contributed by atoms with van der Waals surface area (Å²) >= 11 is 0. The van der Waals surface area contributed by atoms with Gasteiger partial charge < -0.3 is 5.11 Å². The molecule has 7 nitrogen and oxygen atoms in total. The molecule has 164 valence electrons. The fourth-order valence-electron chi connectivity index (χ4n) is 3.82. The van der Waals surface area contributed by atoms with Crippen molar-refractivity contribution in [3.63, 3.8) is 0 Å². The van der Waals surface area contributed by atoms with Crippen molar-refractivity contribution in [2.24, 2.45) is 0 Å². The summed E-state index contributed by atoms with van der Waals surface area (Å²) in [4.78, 5) is 38.2. The van der Waals surface area contributed by atoms with Crippen LogP contribution in [0.3, 0.4) is 0 Å². The van der Waals surface area contributed by atoms with Crippen LogP contribution in [0.4, 0.5) is 11.4 Å². The predicted octanol–water partition coefficient (Wildman–Crippen LogP) is 5.09. The van der Waals surface area contributed by atoms with E-state index in [0.29, 0.717) is 11.3 Å².